The van der Waals surface area contributed by atoms with Crippen molar-refractivity contribution in [3.05, 3.63) is 119 Å². The Kier molecular flexibility index (Phi) is 24.0. The van der Waals surface area contributed by atoms with Crippen molar-refractivity contribution in [1.82, 2.24) is 40.1 Å². The molecule has 3 amide bonds. The fraction of sp³-hybridized carbons (Fsp3) is 0.529. The van der Waals surface area contributed by atoms with Gasteiger partial charge in [-0.15, -0.1) is 11.3 Å². The lowest BCUT2D eigenvalue weighted by atomic mass is 9.91. The molecule has 0 spiro atoms. The molecule has 3 aromatic carbocycles. The van der Waals surface area contributed by atoms with E-state index in [1.165, 1.54) is 33.1 Å². The van der Waals surface area contributed by atoms with Gasteiger partial charge < -0.3 is 72.6 Å². The molecular formula is C68H87N11O12S. The molecule has 0 radical (unpaired) electrons. The van der Waals surface area contributed by atoms with E-state index in [2.05, 4.69) is 92.3 Å². The van der Waals surface area contributed by atoms with Crippen molar-refractivity contribution in [3.63, 3.8) is 0 Å². The maximum Gasteiger partial charge on any atom is 0.318 e. The Labute approximate surface area is 542 Å². The maximum absolute atomic E-state index is 13.9. The number of hydrogen-bond acceptors (Lipinski definition) is 21. The van der Waals surface area contributed by atoms with Gasteiger partial charge in [-0.3, -0.25) is 14.4 Å². The van der Waals surface area contributed by atoms with Crippen molar-refractivity contribution < 1.29 is 57.2 Å². The lowest BCUT2D eigenvalue weighted by Gasteiger charge is -2.42. The number of ether oxygens (including phenoxy) is 7. The van der Waals surface area contributed by atoms with Gasteiger partial charge in [-0.1, -0.05) is 74.1 Å². The number of rotatable bonds is 32. The number of likely N-dealkylation sites (N-methyl/N-ethyl adjacent to an activating group) is 1. The molecule has 10 rings (SSSR count). The van der Waals surface area contributed by atoms with Crippen LogP contribution in [0.3, 0.4) is 0 Å². The highest BCUT2D eigenvalue weighted by atomic mass is 32.1. The summed E-state index contributed by atoms with van der Waals surface area (Å²) in [6, 6.07) is 24.1. The number of hydrogen-bond donors (Lipinski definition) is 2. The minimum Gasteiger partial charge on any atom is -0.491 e. The van der Waals surface area contributed by atoms with E-state index in [1.54, 1.807) is 23.4 Å². The van der Waals surface area contributed by atoms with E-state index < -0.39 is 18.1 Å². The first-order valence-electron chi connectivity index (χ1n) is 32.0. The van der Waals surface area contributed by atoms with Crippen LogP contribution in [0.2, 0.25) is 0 Å². The summed E-state index contributed by atoms with van der Waals surface area (Å²) in [7, 11) is 2.12. The number of nitriles is 1. The summed E-state index contributed by atoms with van der Waals surface area (Å²) in [5, 5.41) is 29.8. The van der Waals surface area contributed by atoms with Crippen LogP contribution in [-0.4, -0.2) is 207 Å². The number of aromatic nitrogens is 4. The normalized spacial score (nSPS) is 19.6. The predicted octanol–water partition coefficient (Wildman–Crippen LogP) is 7.06. The molecule has 1 unspecified atom stereocenters. The van der Waals surface area contributed by atoms with Crippen LogP contribution < -0.4 is 24.6 Å². The second-order valence-electron chi connectivity index (χ2n) is 24.2. The molecule has 92 heavy (non-hydrogen) atoms. The van der Waals surface area contributed by atoms with Crippen molar-refractivity contribution in [3.8, 4) is 28.3 Å². The predicted molar refractivity (Wildman–Crippen MR) is 348 cm³/mol. The standard InChI is InChI=1S/C68H87N11O12S/c1-7-62(81)78-23-22-77(40-52(78)17-20-69)65-56-18-21-76(58-14-10-12-48-11-8-9-13-55(48)58)43-57(56)72-68(73-65)90-24-19-51-37-54(42-75(51)6)88-33-31-86-29-27-84-25-26-85-28-30-87-32-34-89-60-36-49(64-47(5)71-44-92-64)15-16-50(60)39-70-66(82)59-38-53(80)41-79(59)67(83)63(45(2)3)61-35-46(4)74-91-61/h7-16,35-36,44-45,51-54,59,63,80H,1,17-19,21-34,37-43H2,2-6H3,(H,70,82)/t51?,52-,53+,54+,59-,63-/m0/s1. The van der Waals surface area contributed by atoms with Gasteiger partial charge in [0.25, 0.3) is 0 Å². The lowest BCUT2D eigenvalue weighted by Crippen LogP contribution is -2.55. The summed E-state index contributed by atoms with van der Waals surface area (Å²) in [5.74, 6) is 0.234. The van der Waals surface area contributed by atoms with E-state index in [0.717, 1.165) is 76.8 Å². The van der Waals surface area contributed by atoms with E-state index in [4.69, 9.17) is 47.6 Å². The van der Waals surface area contributed by atoms with Gasteiger partial charge >= 0.3 is 6.01 Å². The summed E-state index contributed by atoms with van der Waals surface area (Å²) in [5.41, 5.74) is 8.21. The molecule has 24 heteroatoms. The number of β-amino-alcohol motifs (C(OH)–C–C–N with tert-alkyl or cyclic N) is 1. The van der Waals surface area contributed by atoms with Gasteiger partial charge in [0, 0.05) is 86.5 Å². The average molecular weight is 1280 g/mol. The van der Waals surface area contributed by atoms with E-state index in [0.29, 0.717) is 115 Å². The largest absolute Gasteiger partial charge is 0.491 e. The van der Waals surface area contributed by atoms with Gasteiger partial charge in [0.1, 0.15) is 35.9 Å². The van der Waals surface area contributed by atoms with Gasteiger partial charge in [-0.2, -0.15) is 15.2 Å². The molecule has 3 saturated heterocycles. The van der Waals surface area contributed by atoms with Crippen LogP contribution in [0.15, 0.2) is 89.4 Å². The molecule has 492 valence electrons. The maximum atomic E-state index is 13.9. The Morgan fingerprint density at radius 1 is 0.837 bits per heavy atom. The first-order valence-corrected chi connectivity index (χ1v) is 32.9. The highest BCUT2D eigenvalue weighted by Gasteiger charge is 2.43. The van der Waals surface area contributed by atoms with Crippen LogP contribution in [0.5, 0.6) is 11.8 Å². The number of amides is 3. The van der Waals surface area contributed by atoms with Crippen LogP contribution in [0.4, 0.5) is 11.5 Å². The lowest BCUT2D eigenvalue weighted by molar-refractivity contribution is -0.141. The Bertz CT molecular complexity index is 3480. The molecule has 23 nitrogen and oxygen atoms in total. The number of nitrogens with zero attached hydrogens (tertiary/aromatic N) is 10. The Hall–Kier alpha value is -7.60. The number of fused-ring (bicyclic) bond motifs is 2. The fourth-order valence-corrected chi connectivity index (χ4v) is 13.6. The minimum absolute atomic E-state index is 0.0457. The Balaban J connectivity index is 0.600. The van der Waals surface area contributed by atoms with Crippen LogP contribution in [0.1, 0.15) is 79.4 Å². The summed E-state index contributed by atoms with van der Waals surface area (Å²) in [6.45, 7) is 19.5. The second-order valence-corrected chi connectivity index (χ2v) is 25.0. The van der Waals surface area contributed by atoms with Crippen molar-refractivity contribution >= 4 is 51.3 Å². The van der Waals surface area contributed by atoms with Gasteiger partial charge in [0.05, 0.1) is 131 Å². The molecule has 6 aromatic rings. The fourth-order valence-electron chi connectivity index (χ4n) is 12.8. The number of likely N-dealkylation sites (tertiary alicyclic amines) is 2. The van der Waals surface area contributed by atoms with Crippen molar-refractivity contribution in [1.29, 1.82) is 5.26 Å². The number of anilines is 2. The monoisotopic (exact) mass is 1280 g/mol. The molecule has 2 N–H and O–H groups in total. The highest BCUT2D eigenvalue weighted by Crippen LogP contribution is 2.37. The van der Waals surface area contributed by atoms with Crippen LogP contribution in [0, 0.1) is 31.1 Å². The van der Waals surface area contributed by atoms with Gasteiger partial charge in [0.15, 0.2) is 0 Å². The van der Waals surface area contributed by atoms with Gasteiger partial charge in [-0.05, 0) is 75.2 Å². The topological polar surface area (TPSA) is 253 Å². The number of carbonyl (C=O) groups is 3. The number of aliphatic hydroxyl groups is 1. The zero-order chi connectivity index (χ0) is 64.5. The van der Waals surface area contributed by atoms with Crippen LogP contribution >= 0.6 is 11.3 Å². The average Bonchev–Trinajstić information content (AvgIpc) is 2.57. The number of aryl methyl sites for hydroxylation is 2. The second kappa shape index (κ2) is 32.8. The third-order valence-electron chi connectivity index (χ3n) is 17.5. The molecule has 7 heterocycles. The SMILES string of the molecule is C=CC(=O)N1CCN(c2nc(OCCC3C[C@@H](OCCOCCOCCOCCOCCOc4cc(-c5scnc5C)ccc4CNC(=O)[C@@H]4C[C@@H](O)CN4C(=O)[C@H](c4cc(C)no4)C(C)C)CN3C)nc3c2CCN(c2cccc4ccccc24)C3)C[C@@H]1CC#N. The Morgan fingerprint density at radius 2 is 1.59 bits per heavy atom. The summed E-state index contributed by atoms with van der Waals surface area (Å²) in [6.07, 6.45) is 3.26. The van der Waals surface area contributed by atoms with E-state index >= 15 is 0 Å². The van der Waals surface area contributed by atoms with Crippen molar-refractivity contribution in [2.24, 2.45) is 5.92 Å². The van der Waals surface area contributed by atoms with Crippen molar-refractivity contribution in [2.45, 2.75) is 109 Å². The first kappa shape index (κ1) is 67.3. The molecule has 3 aromatic heterocycles. The molecule has 0 bridgehead atoms. The molecule has 0 saturated carbocycles. The van der Waals surface area contributed by atoms with Crippen molar-refractivity contribution in [2.75, 3.05) is 129 Å². The van der Waals surface area contributed by atoms with Gasteiger partial charge in [-0.25, -0.2) is 4.98 Å². The molecule has 4 aliphatic heterocycles. The van der Waals surface area contributed by atoms with E-state index in [1.807, 2.05) is 39.0 Å². The number of carbonyl (C=O) groups excluding carboxylic acids is 3. The van der Waals surface area contributed by atoms with Crippen LogP contribution in [0.25, 0.3) is 21.2 Å². The molecule has 3 fully saturated rings. The zero-order valence-corrected chi connectivity index (χ0v) is 54.4. The quantitative estimate of drug-likeness (QED) is 0.0317. The van der Waals surface area contributed by atoms with E-state index in [9.17, 15) is 24.8 Å². The van der Waals surface area contributed by atoms with Crippen LogP contribution in [-0.2, 0) is 57.6 Å². The number of piperazine rings is 1. The number of benzene rings is 3. The number of thiazole rings is 1. The number of aliphatic hydroxyl groups excluding tert-OH is 1. The third kappa shape index (κ3) is 17.2. The summed E-state index contributed by atoms with van der Waals surface area (Å²) in [4.78, 5) is 66.2. The molecule has 0 aliphatic carbocycles. The minimum atomic E-state index is -0.857. The van der Waals surface area contributed by atoms with E-state index in [-0.39, 0.29) is 74.4 Å². The third-order valence-corrected chi connectivity index (χ3v) is 18.5. The summed E-state index contributed by atoms with van der Waals surface area (Å²) < 4.78 is 47.6. The molecular weight excluding hydrogens is 1190 g/mol. The summed E-state index contributed by atoms with van der Waals surface area (Å²) >= 11 is 1.53. The zero-order valence-electron chi connectivity index (χ0n) is 53.5. The molecule has 4 aliphatic rings. The smallest absolute Gasteiger partial charge is 0.318 e. The van der Waals surface area contributed by atoms with Gasteiger partial charge in [0.2, 0.25) is 17.7 Å². The molecule has 6 atom stereocenters. The number of nitrogens with one attached hydrogen (secondary N) is 1. The first-order chi connectivity index (χ1) is 44.8. The Morgan fingerprint density at radius 3 is 2.30 bits per heavy atom. The highest BCUT2D eigenvalue weighted by molar-refractivity contribution is 7.13.